The lowest BCUT2D eigenvalue weighted by Gasteiger charge is -2.14. The smallest absolute Gasteiger partial charge is 0.0969 e. The molecule has 3 rings (SSSR count). The minimum absolute atomic E-state index is 0.179. The Labute approximate surface area is 108 Å². The molecule has 2 aromatic rings. The molecule has 3 heteroatoms. The van der Waals surface area contributed by atoms with Gasteiger partial charge in [0.15, 0.2) is 0 Å². The molecule has 18 heavy (non-hydrogen) atoms. The molecule has 0 aliphatic carbocycles. The van der Waals surface area contributed by atoms with Gasteiger partial charge in [-0.25, -0.2) is 0 Å². The van der Waals surface area contributed by atoms with E-state index in [1.807, 2.05) is 0 Å². The lowest BCUT2D eigenvalue weighted by atomic mass is 10.1. The van der Waals surface area contributed by atoms with Gasteiger partial charge in [-0.15, -0.1) is 0 Å². The highest BCUT2D eigenvalue weighted by atomic mass is 16.5. The molecule has 0 saturated carbocycles. The first-order chi connectivity index (χ1) is 8.77. The number of rotatable bonds is 1. The zero-order chi connectivity index (χ0) is 12.5. The van der Waals surface area contributed by atoms with Gasteiger partial charge in [0, 0.05) is 37.3 Å². The molecule has 96 valence electrons. The number of aryl methyl sites for hydroxylation is 2. The summed E-state index contributed by atoms with van der Waals surface area (Å²) in [5, 5.41) is 4.78. The summed E-state index contributed by atoms with van der Waals surface area (Å²) in [6, 6.07) is 6.50. The first kappa shape index (κ1) is 11.8. The third kappa shape index (κ3) is 1.93. The predicted octanol–water partition coefficient (Wildman–Crippen LogP) is 2.54. The maximum atomic E-state index is 5.97. The van der Waals surface area contributed by atoms with Crippen molar-refractivity contribution in [3.8, 4) is 0 Å². The molecule has 1 aromatic heterocycles. The van der Waals surface area contributed by atoms with Crippen molar-refractivity contribution in [1.29, 1.82) is 0 Å². The van der Waals surface area contributed by atoms with Gasteiger partial charge < -0.3 is 14.6 Å². The number of ether oxygens (including phenoxy) is 1. The first-order valence-corrected chi connectivity index (χ1v) is 6.64. The standard InChI is InChI=1S/C15H20N2O/c1-11-5-3-6-12-13(10-17(2)15(11)12)14-9-16-7-4-8-18-14/h3,5-6,10,14,16H,4,7-9H2,1-2H3. The quantitative estimate of drug-likeness (QED) is 0.834. The lowest BCUT2D eigenvalue weighted by Crippen LogP contribution is -2.19. The van der Waals surface area contributed by atoms with Crippen molar-refractivity contribution in [2.75, 3.05) is 19.7 Å². The van der Waals surface area contributed by atoms with E-state index in [1.54, 1.807) is 0 Å². The van der Waals surface area contributed by atoms with Crippen LogP contribution < -0.4 is 5.32 Å². The van der Waals surface area contributed by atoms with Crippen molar-refractivity contribution in [3.63, 3.8) is 0 Å². The van der Waals surface area contributed by atoms with Gasteiger partial charge in [-0.3, -0.25) is 0 Å². The molecule has 2 heterocycles. The molecule has 1 saturated heterocycles. The Bertz CT molecular complexity index is 551. The second-order valence-corrected chi connectivity index (χ2v) is 5.08. The van der Waals surface area contributed by atoms with Gasteiger partial charge in [0.05, 0.1) is 11.6 Å². The number of benzene rings is 1. The van der Waals surface area contributed by atoms with E-state index in [1.165, 1.54) is 22.0 Å². The number of aromatic nitrogens is 1. The molecule has 0 radical (unpaired) electrons. The fourth-order valence-corrected chi connectivity index (χ4v) is 2.87. The highest BCUT2D eigenvalue weighted by Crippen LogP contribution is 2.30. The number of hydrogen-bond donors (Lipinski definition) is 1. The van der Waals surface area contributed by atoms with Gasteiger partial charge in [-0.05, 0) is 25.5 Å². The topological polar surface area (TPSA) is 26.2 Å². The predicted molar refractivity (Wildman–Crippen MR) is 73.8 cm³/mol. The normalized spacial score (nSPS) is 21.1. The maximum absolute atomic E-state index is 5.97. The Kier molecular flexibility index (Phi) is 3.10. The van der Waals surface area contributed by atoms with Crippen LogP contribution in [0.15, 0.2) is 24.4 Å². The van der Waals surface area contributed by atoms with Gasteiger partial charge >= 0.3 is 0 Å². The van der Waals surface area contributed by atoms with Crippen LogP contribution in [0.5, 0.6) is 0 Å². The summed E-state index contributed by atoms with van der Waals surface area (Å²) in [7, 11) is 2.11. The molecule has 0 amide bonds. The summed E-state index contributed by atoms with van der Waals surface area (Å²) in [6.45, 7) is 4.98. The molecule has 1 aliphatic heterocycles. The number of para-hydroxylation sites is 1. The van der Waals surface area contributed by atoms with Crippen LogP contribution in [-0.2, 0) is 11.8 Å². The number of nitrogens with one attached hydrogen (secondary N) is 1. The monoisotopic (exact) mass is 244 g/mol. The second kappa shape index (κ2) is 4.75. The molecule has 1 fully saturated rings. The summed E-state index contributed by atoms with van der Waals surface area (Å²) in [6.07, 6.45) is 3.49. The molecule has 1 unspecified atom stereocenters. The van der Waals surface area contributed by atoms with Crippen molar-refractivity contribution in [2.45, 2.75) is 19.4 Å². The van der Waals surface area contributed by atoms with Gasteiger partial charge in [-0.1, -0.05) is 18.2 Å². The van der Waals surface area contributed by atoms with Gasteiger partial charge in [-0.2, -0.15) is 0 Å². The van der Waals surface area contributed by atoms with E-state index < -0.39 is 0 Å². The summed E-state index contributed by atoms with van der Waals surface area (Å²) in [5.41, 5.74) is 3.95. The summed E-state index contributed by atoms with van der Waals surface area (Å²) >= 11 is 0. The van der Waals surface area contributed by atoms with Crippen LogP contribution >= 0.6 is 0 Å². The lowest BCUT2D eigenvalue weighted by molar-refractivity contribution is 0.0678. The molecular weight excluding hydrogens is 224 g/mol. The summed E-state index contributed by atoms with van der Waals surface area (Å²) in [4.78, 5) is 0. The van der Waals surface area contributed by atoms with Crippen molar-refractivity contribution in [1.82, 2.24) is 9.88 Å². The Hall–Kier alpha value is -1.32. The molecule has 1 aromatic carbocycles. The van der Waals surface area contributed by atoms with Crippen LogP contribution in [0.25, 0.3) is 10.9 Å². The van der Waals surface area contributed by atoms with Crippen LogP contribution in [0.3, 0.4) is 0 Å². The van der Waals surface area contributed by atoms with E-state index in [2.05, 4.69) is 48.3 Å². The van der Waals surface area contributed by atoms with Gasteiger partial charge in [0.1, 0.15) is 0 Å². The summed E-state index contributed by atoms with van der Waals surface area (Å²) in [5.74, 6) is 0. The van der Waals surface area contributed by atoms with Gasteiger partial charge in [0.2, 0.25) is 0 Å². The zero-order valence-electron chi connectivity index (χ0n) is 11.1. The molecule has 3 nitrogen and oxygen atoms in total. The Morgan fingerprint density at radius 2 is 2.28 bits per heavy atom. The average Bonchev–Trinajstić information content (AvgIpc) is 2.56. The molecule has 1 N–H and O–H groups in total. The van der Waals surface area contributed by atoms with E-state index >= 15 is 0 Å². The van der Waals surface area contributed by atoms with Crippen LogP contribution in [0.2, 0.25) is 0 Å². The van der Waals surface area contributed by atoms with Crippen LogP contribution in [0.4, 0.5) is 0 Å². The van der Waals surface area contributed by atoms with Crippen molar-refractivity contribution in [3.05, 3.63) is 35.5 Å². The fourth-order valence-electron chi connectivity index (χ4n) is 2.87. The van der Waals surface area contributed by atoms with E-state index in [0.717, 1.165) is 26.1 Å². The average molecular weight is 244 g/mol. The third-order valence-corrected chi connectivity index (χ3v) is 3.73. The largest absolute Gasteiger partial charge is 0.372 e. The van der Waals surface area contributed by atoms with Gasteiger partial charge in [0.25, 0.3) is 0 Å². The van der Waals surface area contributed by atoms with E-state index in [9.17, 15) is 0 Å². The van der Waals surface area contributed by atoms with Crippen molar-refractivity contribution < 1.29 is 4.74 Å². The van der Waals surface area contributed by atoms with Crippen LogP contribution in [-0.4, -0.2) is 24.3 Å². The van der Waals surface area contributed by atoms with Crippen molar-refractivity contribution >= 4 is 10.9 Å². The van der Waals surface area contributed by atoms with E-state index in [0.29, 0.717) is 0 Å². The molecule has 1 atom stereocenters. The fraction of sp³-hybridized carbons (Fsp3) is 0.467. The minimum atomic E-state index is 0.179. The zero-order valence-corrected chi connectivity index (χ0v) is 11.1. The van der Waals surface area contributed by atoms with Crippen LogP contribution in [0.1, 0.15) is 23.7 Å². The van der Waals surface area contributed by atoms with E-state index in [4.69, 9.17) is 4.74 Å². The Balaban J connectivity index is 2.08. The first-order valence-electron chi connectivity index (χ1n) is 6.64. The highest BCUT2D eigenvalue weighted by Gasteiger charge is 2.19. The third-order valence-electron chi connectivity index (χ3n) is 3.73. The summed E-state index contributed by atoms with van der Waals surface area (Å²) < 4.78 is 8.19. The van der Waals surface area contributed by atoms with Crippen LogP contribution in [0, 0.1) is 6.92 Å². The maximum Gasteiger partial charge on any atom is 0.0969 e. The molecule has 0 bridgehead atoms. The molecular formula is C15H20N2O. The Morgan fingerprint density at radius 1 is 1.39 bits per heavy atom. The van der Waals surface area contributed by atoms with Crippen molar-refractivity contribution in [2.24, 2.45) is 7.05 Å². The Morgan fingerprint density at radius 3 is 3.17 bits per heavy atom. The number of hydrogen-bond acceptors (Lipinski definition) is 2. The van der Waals surface area contributed by atoms with E-state index in [-0.39, 0.29) is 6.10 Å². The second-order valence-electron chi connectivity index (χ2n) is 5.08. The molecule has 0 spiro atoms. The minimum Gasteiger partial charge on any atom is -0.372 e. The SMILES string of the molecule is Cc1cccc2c(C3CNCCCO3)cn(C)c12. The number of nitrogens with zero attached hydrogens (tertiary/aromatic N) is 1. The number of fused-ring (bicyclic) bond motifs is 1. The highest BCUT2D eigenvalue weighted by molar-refractivity contribution is 5.87. The molecule has 1 aliphatic rings.